The van der Waals surface area contributed by atoms with Gasteiger partial charge in [0.05, 0.1) is 0 Å². The van der Waals surface area contributed by atoms with E-state index in [1.54, 1.807) is 0 Å². The number of rotatable bonds is 3. The van der Waals surface area contributed by atoms with Crippen LogP contribution in [0, 0.1) is 6.92 Å². The number of nitrogens with two attached hydrogens (primary N) is 1. The van der Waals surface area contributed by atoms with Gasteiger partial charge in [-0.1, -0.05) is 30.3 Å². The fourth-order valence-electron chi connectivity index (χ4n) is 1.57. The Bertz CT molecular complexity index is 465. The van der Waals surface area contributed by atoms with E-state index in [1.165, 1.54) is 5.56 Å². The van der Waals surface area contributed by atoms with Gasteiger partial charge in [0.2, 0.25) is 0 Å². The van der Waals surface area contributed by atoms with E-state index in [0.29, 0.717) is 6.61 Å². The van der Waals surface area contributed by atoms with Crippen molar-refractivity contribution in [3.05, 3.63) is 59.7 Å². The Labute approximate surface area is 95.7 Å². The van der Waals surface area contributed by atoms with Crippen molar-refractivity contribution in [2.45, 2.75) is 13.5 Å². The molecule has 0 amide bonds. The predicted molar refractivity (Wildman–Crippen MR) is 66.4 cm³/mol. The van der Waals surface area contributed by atoms with Crippen LogP contribution in [0.15, 0.2) is 48.5 Å². The molecule has 2 heteroatoms. The highest BCUT2D eigenvalue weighted by molar-refractivity contribution is 5.47. The first-order valence-corrected chi connectivity index (χ1v) is 5.28. The first-order chi connectivity index (χ1) is 7.75. The highest BCUT2D eigenvalue weighted by Crippen LogP contribution is 2.21. The molecule has 0 aromatic heterocycles. The molecule has 2 aromatic carbocycles. The molecule has 2 nitrogen and oxygen atoms in total. The molecule has 2 aromatic rings. The fourth-order valence-corrected chi connectivity index (χ4v) is 1.57. The highest BCUT2D eigenvalue weighted by atomic mass is 16.5. The quantitative estimate of drug-likeness (QED) is 0.795. The molecule has 0 heterocycles. The van der Waals surface area contributed by atoms with Crippen molar-refractivity contribution in [2.24, 2.45) is 0 Å². The molecule has 0 aliphatic carbocycles. The normalized spacial score (nSPS) is 10.1. The molecule has 0 fully saturated rings. The molecule has 0 aliphatic rings. The molecule has 2 rings (SSSR count). The standard InChI is InChI=1S/C14H15NO/c1-11-9-13(15)7-8-14(11)16-10-12-5-3-2-4-6-12/h2-9H,10,15H2,1H3. The Hall–Kier alpha value is -1.96. The number of ether oxygens (including phenoxy) is 1. The predicted octanol–water partition coefficient (Wildman–Crippen LogP) is 3.16. The van der Waals surface area contributed by atoms with E-state index in [0.717, 1.165) is 17.0 Å². The minimum absolute atomic E-state index is 0.589. The third-order valence-corrected chi connectivity index (χ3v) is 2.44. The Kier molecular flexibility index (Phi) is 3.10. The lowest BCUT2D eigenvalue weighted by molar-refractivity contribution is 0.304. The van der Waals surface area contributed by atoms with Gasteiger partial charge >= 0.3 is 0 Å². The Morgan fingerprint density at radius 1 is 1.06 bits per heavy atom. The van der Waals surface area contributed by atoms with Crippen molar-refractivity contribution in [3.63, 3.8) is 0 Å². The number of anilines is 1. The third-order valence-electron chi connectivity index (χ3n) is 2.44. The van der Waals surface area contributed by atoms with Crippen molar-refractivity contribution in [2.75, 3.05) is 5.73 Å². The van der Waals surface area contributed by atoms with Gasteiger partial charge in [0.15, 0.2) is 0 Å². The maximum Gasteiger partial charge on any atom is 0.122 e. The molecule has 2 N–H and O–H groups in total. The van der Waals surface area contributed by atoms with Gasteiger partial charge in [-0.2, -0.15) is 0 Å². The minimum Gasteiger partial charge on any atom is -0.489 e. The summed E-state index contributed by atoms with van der Waals surface area (Å²) in [6, 6.07) is 15.8. The lowest BCUT2D eigenvalue weighted by Gasteiger charge is -2.09. The van der Waals surface area contributed by atoms with Crippen LogP contribution in [0.4, 0.5) is 5.69 Å². The lowest BCUT2D eigenvalue weighted by Crippen LogP contribution is -1.97. The van der Waals surface area contributed by atoms with Crippen LogP contribution in [-0.4, -0.2) is 0 Å². The Morgan fingerprint density at radius 2 is 1.81 bits per heavy atom. The molecule has 0 atom stereocenters. The molecule has 0 radical (unpaired) electrons. The van der Waals surface area contributed by atoms with Crippen LogP contribution < -0.4 is 10.5 Å². The molecule has 16 heavy (non-hydrogen) atoms. The number of benzene rings is 2. The number of hydrogen-bond donors (Lipinski definition) is 1. The Morgan fingerprint density at radius 3 is 2.50 bits per heavy atom. The van der Waals surface area contributed by atoms with Gasteiger partial charge in [-0.05, 0) is 36.2 Å². The summed E-state index contributed by atoms with van der Waals surface area (Å²) in [4.78, 5) is 0. The van der Waals surface area contributed by atoms with E-state index < -0.39 is 0 Å². The number of aryl methyl sites for hydroxylation is 1. The van der Waals surface area contributed by atoms with Gasteiger partial charge in [0, 0.05) is 5.69 Å². The maximum absolute atomic E-state index is 5.72. The molecule has 0 spiro atoms. The van der Waals surface area contributed by atoms with Crippen molar-refractivity contribution < 1.29 is 4.74 Å². The van der Waals surface area contributed by atoms with Crippen molar-refractivity contribution in [1.82, 2.24) is 0 Å². The summed E-state index contributed by atoms with van der Waals surface area (Å²) >= 11 is 0. The zero-order valence-corrected chi connectivity index (χ0v) is 9.31. The minimum atomic E-state index is 0.589. The molecule has 0 bridgehead atoms. The van der Waals surface area contributed by atoms with E-state index in [4.69, 9.17) is 10.5 Å². The summed E-state index contributed by atoms with van der Waals surface area (Å²) in [6.45, 7) is 2.59. The summed E-state index contributed by atoms with van der Waals surface area (Å²) in [5.41, 5.74) is 8.68. The average Bonchev–Trinajstić information content (AvgIpc) is 2.29. The smallest absolute Gasteiger partial charge is 0.122 e. The topological polar surface area (TPSA) is 35.2 Å². The first-order valence-electron chi connectivity index (χ1n) is 5.28. The fraction of sp³-hybridized carbons (Fsp3) is 0.143. The first kappa shape index (κ1) is 10.6. The van der Waals surface area contributed by atoms with E-state index in [-0.39, 0.29) is 0 Å². The molecule has 82 valence electrons. The van der Waals surface area contributed by atoms with Gasteiger partial charge in [-0.25, -0.2) is 0 Å². The zero-order chi connectivity index (χ0) is 11.4. The molecule has 0 aliphatic heterocycles. The van der Waals surface area contributed by atoms with Gasteiger partial charge in [-0.3, -0.25) is 0 Å². The van der Waals surface area contributed by atoms with Crippen LogP contribution in [0.3, 0.4) is 0 Å². The van der Waals surface area contributed by atoms with Crippen molar-refractivity contribution in [1.29, 1.82) is 0 Å². The summed E-state index contributed by atoms with van der Waals surface area (Å²) in [5, 5.41) is 0. The number of nitrogen functional groups attached to an aromatic ring is 1. The van der Waals surface area contributed by atoms with Crippen LogP contribution in [-0.2, 0) is 6.61 Å². The third kappa shape index (κ3) is 2.54. The van der Waals surface area contributed by atoms with Crippen molar-refractivity contribution in [3.8, 4) is 5.75 Å². The maximum atomic E-state index is 5.72. The molecule has 0 unspecified atom stereocenters. The average molecular weight is 213 g/mol. The van der Waals surface area contributed by atoms with Crippen LogP contribution in [0.1, 0.15) is 11.1 Å². The second kappa shape index (κ2) is 4.71. The summed E-state index contributed by atoms with van der Waals surface area (Å²) < 4.78 is 5.72. The van der Waals surface area contributed by atoms with E-state index >= 15 is 0 Å². The van der Waals surface area contributed by atoms with E-state index in [2.05, 4.69) is 0 Å². The second-order valence-corrected chi connectivity index (χ2v) is 3.80. The van der Waals surface area contributed by atoms with E-state index in [9.17, 15) is 0 Å². The summed E-state index contributed by atoms with van der Waals surface area (Å²) in [7, 11) is 0. The molecule has 0 saturated carbocycles. The van der Waals surface area contributed by atoms with Gasteiger partial charge in [0.25, 0.3) is 0 Å². The largest absolute Gasteiger partial charge is 0.489 e. The van der Waals surface area contributed by atoms with Crippen molar-refractivity contribution >= 4 is 5.69 Å². The number of hydrogen-bond acceptors (Lipinski definition) is 2. The van der Waals surface area contributed by atoms with Crippen LogP contribution in [0.25, 0.3) is 0 Å². The summed E-state index contributed by atoms with van der Waals surface area (Å²) in [6.07, 6.45) is 0. The van der Waals surface area contributed by atoms with Crippen LogP contribution in [0.2, 0.25) is 0 Å². The van der Waals surface area contributed by atoms with Gasteiger partial charge in [0.1, 0.15) is 12.4 Å². The van der Waals surface area contributed by atoms with Gasteiger partial charge < -0.3 is 10.5 Å². The van der Waals surface area contributed by atoms with Crippen LogP contribution in [0.5, 0.6) is 5.75 Å². The summed E-state index contributed by atoms with van der Waals surface area (Å²) in [5.74, 6) is 0.887. The van der Waals surface area contributed by atoms with E-state index in [1.807, 2.05) is 55.5 Å². The molecule has 0 saturated heterocycles. The Balaban J connectivity index is 2.05. The SMILES string of the molecule is Cc1cc(N)ccc1OCc1ccccc1. The van der Waals surface area contributed by atoms with Gasteiger partial charge in [-0.15, -0.1) is 0 Å². The monoisotopic (exact) mass is 213 g/mol. The molecular formula is C14H15NO. The zero-order valence-electron chi connectivity index (χ0n) is 9.31. The highest BCUT2D eigenvalue weighted by Gasteiger charge is 2.00. The lowest BCUT2D eigenvalue weighted by atomic mass is 10.2. The molecular weight excluding hydrogens is 198 g/mol. The second-order valence-electron chi connectivity index (χ2n) is 3.80. The van der Waals surface area contributed by atoms with Crippen LogP contribution >= 0.6 is 0 Å².